The van der Waals surface area contributed by atoms with Crippen molar-refractivity contribution in [3.63, 3.8) is 0 Å². The van der Waals surface area contributed by atoms with Crippen molar-refractivity contribution in [3.05, 3.63) is 65.7 Å². The number of rotatable bonds is 5. The van der Waals surface area contributed by atoms with Crippen LogP contribution in [0.2, 0.25) is 0 Å². The monoisotopic (exact) mass is 313 g/mol. The molecule has 2 rings (SSSR count). The van der Waals surface area contributed by atoms with Gasteiger partial charge in [-0.3, -0.25) is 0 Å². The number of benzene rings is 2. The van der Waals surface area contributed by atoms with Gasteiger partial charge in [0.15, 0.2) is 0 Å². The molecule has 0 aromatic heterocycles. The second kappa shape index (κ2) is 7.45. The maximum atomic E-state index is 12.3. The summed E-state index contributed by atoms with van der Waals surface area (Å²) in [6, 6.07) is 15.7. The first kappa shape index (κ1) is 16.5. The fourth-order valence-electron chi connectivity index (χ4n) is 2.06. The van der Waals surface area contributed by atoms with Crippen LogP contribution in [0.3, 0.4) is 0 Å². The minimum absolute atomic E-state index is 0.375. The van der Waals surface area contributed by atoms with E-state index in [1.54, 1.807) is 36.4 Å². The standard InChI is InChI=1S/C18H19NO4/c1-19(2)15-11-9-14(10-12-15)17(20)23-16(18(21)22-3)13-7-5-4-6-8-13/h4-12,16H,1-3H3. The average Bonchev–Trinajstić information content (AvgIpc) is 2.59. The number of methoxy groups -OCH3 is 1. The third-order valence-electron chi connectivity index (χ3n) is 3.36. The lowest BCUT2D eigenvalue weighted by Crippen LogP contribution is -2.21. The van der Waals surface area contributed by atoms with Gasteiger partial charge in [-0.05, 0) is 24.3 Å². The first-order chi connectivity index (χ1) is 11.0. The topological polar surface area (TPSA) is 55.8 Å². The second-order valence-corrected chi connectivity index (χ2v) is 5.16. The zero-order valence-electron chi connectivity index (χ0n) is 13.4. The molecule has 0 spiro atoms. The van der Waals surface area contributed by atoms with Gasteiger partial charge in [-0.2, -0.15) is 0 Å². The Hall–Kier alpha value is -2.82. The van der Waals surface area contributed by atoms with Gasteiger partial charge in [0.2, 0.25) is 6.10 Å². The lowest BCUT2D eigenvalue weighted by atomic mass is 10.1. The van der Waals surface area contributed by atoms with Gasteiger partial charge in [-0.15, -0.1) is 0 Å². The van der Waals surface area contributed by atoms with Crippen molar-refractivity contribution >= 4 is 17.6 Å². The molecule has 0 fully saturated rings. The van der Waals surface area contributed by atoms with Crippen molar-refractivity contribution in [1.82, 2.24) is 0 Å². The summed E-state index contributed by atoms with van der Waals surface area (Å²) in [4.78, 5) is 26.1. The summed E-state index contributed by atoms with van der Waals surface area (Å²) in [6.45, 7) is 0. The summed E-state index contributed by atoms with van der Waals surface area (Å²) in [5.74, 6) is -1.19. The molecule has 120 valence electrons. The fraction of sp³-hybridized carbons (Fsp3) is 0.222. The predicted octanol–water partition coefficient (Wildman–Crippen LogP) is 2.82. The Bertz CT molecular complexity index is 665. The summed E-state index contributed by atoms with van der Waals surface area (Å²) in [6.07, 6.45) is -1.08. The summed E-state index contributed by atoms with van der Waals surface area (Å²) in [5, 5.41) is 0. The molecule has 0 saturated carbocycles. The van der Waals surface area contributed by atoms with E-state index in [0.29, 0.717) is 11.1 Å². The molecular weight excluding hydrogens is 294 g/mol. The van der Waals surface area contributed by atoms with E-state index >= 15 is 0 Å². The Balaban J connectivity index is 2.19. The molecule has 2 aromatic rings. The van der Waals surface area contributed by atoms with Gasteiger partial charge in [0.1, 0.15) is 0 Å². The summed E-state index contributed by atoms with van der Waals surface area (Å²) in [5.41, 5.74) is 1.91. The summed E-state index contributed by atoms with van der Waals surface area (Å²) < 4.78 is 10.1. The average molecular weight is 313 g/mol. The molecule has 0 radical (unpaired) electrons. The second-order valence-electron chi connectivity index (χ2n) is 5.16. The third kappa shape index (κ3) is 4.10. The molecule has 0 aliphatic carbocycles. The Morgan fingerprint density at radius 3 is 2.09 bits per heavy atom. The van der Waals surface area contributed by atoms with E-state index < -0.39 is 18.0 Å². The maximum absolute atomic E-state index is 12.3. The van der Waals surface area contributed by atoms with Crippen LogP contribution in [0.15, 0.2) is 54.6 Å². The van der Waals surface area contributed by atoms with Crippen LogP contribution >= 0.6 is 0 Å². The molecule has 0 aliphatic heterocycles. The van der Waals surface area contributed by atoms with Crippen molar-refractivity contribution in [2.45, 2.75) is 6.10 Å². The third-order valence-corrected chi connectivity index (χ3v) is 3.36. The highest BCUT2D eigenvalue weighted by Gasteiger charge is 2.26. The maximum Gasteiger partial charge on any atom is 0.351 e. The Morgan fingerprint density at radius 1 is 0.957 bits per heavy atom. The SMILES string of the molecule is COC(=O)C(OC(=O)c1ccc(N(C)C)cc1)c1ccccc1. The van der Waals surface area contributed by atoms with Gasteiger partial charge < -0.3 is 14.4 Å². The van der Waals surface area contributed by atoms with E-state index in [1.807, 2.05) is 37.2 Å². The highest BCUT2D eigenvalue weighted by atomic mass is 16.6. The minimum atomic E-state index is -1.08. The zero-order chi connectivity index (χ0) is 16.8. The Labute approximate surface area is 135 Å². The molecule has 2 aromatic carbocycles. The molecule has 0 heterocycles. The molecular formula is C18H19NO4. The molecule has 23 heavy (non-hydrogen) atoms. The largest absolute Gasteiger partial charge is 0.466 e. The molecule has 5 nitrogen and oxygen atoms in total. The van der Waals surface area contributed by atoms with Gasteiger partial charge in [0, 0.05) is 25.3 Å². The summed E-state index contributed by atoms with van der Waals surface area (Å²) >= 11 is 0. The molecule has 0 saturated heterocycles. The number of carbonyl (C=O) groups is 2. The number of anilines is 1. The van der Waals surface area contributed by atoms with Crippen LogP contribution in [0, 0.1) is 0 Å². The van der Waals surface area contributed by atoms with E-state index in [1.165, 1.54) is 7.11 Å². The smallest absolute Gasteiger partial charge is 0.351 e. The first-order valence-corrected chi connectivity index (χ1v) is 7.14. The van der Waals surface area contributed by atoms with Crippen LogP contribution in [0.4, 0.5) is 5.69 Å². The molecule has 1 unspecified atom stereocenters. The van der Waals surface area contributed by atoms with Gasteiger partial charge in [0.05, 0.1) is 12.7 Å². The van der Waals surface area contributed by atoms with Crippen LogP contribution in [0.1, 0.15) is 22.0 Å². The fourth-order valence-corrected chi connectivity index (χ4v) is 2.06. The number of nitrogens with zero attached hydrogens (tertiary/aromatic N) is 1. The van der Waals surface area contributed by atoms with E-state index in [2.05, 4.69) is 0 Å². The van der Waals surface area contributed by atoms with Gasteiger partial charge in [-0.1, -0.05) is 30.3 Å². The highest BCUT2D eigenvalue weighted by molar-refractivity contribution is 5.92. The van der Waals surface area contributed by atoms with Crippen LogP contribution < -0.4 is 4.90 Å². The zero-order valence-corrected chi connectivity index (χ0v) is 13.4. The first-order valence-electron chi connectivity index (χ1n) is 7.14. The van der Waals surface area contributed by atoms with Crippen molar-refractivity contribution in [2.75, 3.05) is 26.1 Å². The number of hydrogen-bond acceptors (Lipinski definition) is 5. The van der Waals surface area contributed by atoms with Gasteiger partial charge >= 0.3 is 11.9 Å². The Kier molecular flexibility index (Phi) is 5.36. The van der Waals surface area contributed by atoms with Crippen molar-refractivity contribution in [3.8, 4) is 0 Å². The molecule has 0 amide bonds. The van der Waals surface area contributed by atoms with Crippen LogP contribution in [-0.2, 0) is 14.3 Å². The van der Waals surface area contributed by atoms with Crippen molar-refractivity contribution in [2.24, 2.45) is 0 Å². The van der Waals surface area contributed by atoms with E-state index in [4.69, 9.17) is 9.47 Å². The number of esters is 2. The quantitative estimate of drug-likeness (QED) is 0.795. The molecule has 5 heteroatoms. The van der Waals surface area contributed by atoms with Crippen molar-refractivity contribution in [1.29, 1.82) is 0 Å². The molecule has 0 bridgehead atoms. The van der Waals surface area contributed by atoms with E-state index in [-0.39, 0.29) is 0 Å². The van der Waals surface area contributed by atoms with Crippen LogP contribution in [0.5, 0.6) is 0 Å². The van der Waals surface area contributed by atoms with Gasteiger partial charge in [-0.25, -0.2) is 9.59 Å². The lowest BCUT2D eigenvalue weighted by Gasteiger charge is -2.16. The molecule has 1 atom stereocenters. The predicted molar refractivity (Wildman–Crippen MR) is 87.4 cm³/mol. The normalized spacial score (nSPS) is 11.4. The number of carbonyl (C=O) groups excluding carboxylic acids is 2. The molecule has 0 N–H and O–H groups in total. The minimum Gasteiger partial charge on any atom is -0.466 e. The van der Waals surface area contributed by atoms with E-state index in [9.17, 15) is 9.59 Å². The van der Waals surface area contributed by atoms with Crippen LogP contribution in [-0.4, -0.2) is 33.1 Å². The highest BCUT2D eigenvalue weighted by Crippen LogP contribution is 2.21. The van der Waals surface area contributed by atoms with E-state index in [0.717, 1.165) is 5.69 Å². The van der Waals surface area contributed by atoms with Crippen molar-refractivity contribution < 1.29 is 19.1 Å². The molecule has 0 aliphatic rings. The Morgan fingerprint density at radius 2 is 1.57 bits per heavy atom. The summed E-state index contributed by atoms with van der Waals surface area (Å²) in [7, 11) is 5.09. The van der Waals surface area contributed by atoms with Crippen LogP contribution in [0.25, 0.3) is 0 Å². The lowest BCUT2D eigenvalue weighted by molar-refractivity contribution is -0.151. The number of ether oxygens (including phenoxy) is 2. The van der Waals surface area contributed by atoms with Gasteiger partial charge in [0.25, 0.3) is 0 Å². The number of hydrogen-bond donors (Lipinski definition) is 0.